The van der Waals surface area contributed by atoms with Gasteiger partial charge in [0.05, 0.1) is 4.91 Å². The molecule has 0 radical (unpaired) electrons. The fourth-order valence-electron chi connectivity index (χ4n) is 5.59. The van der Waals surface area contributed by atoms with Gasteiger partial charge in [0.25, 0.3) is 17.1 Å². The monoisotopic (exact) mass is 735 g/mol. The van der Waals surface area contributed by atoms with Gasteiger partial charge in [0, 0.05) is 18.2 Å². The second-order valence-corrected chi connectivity index (χ2v) is 13.2. The number of rotatable bonds is 20. The second kappa shape index (κ2) is 20.6. The van der Waals surface area contributed by atoms with E-state index in [0.717, 1.165) is 11.8 Å². The van der Waals surface area contributed by atoms with Crippen LogP contribution in [-0.2, 0) is 19.2 Å². The van der Waals surface area contributed by atoms with Crippen molar-refractivity contribution in [2.45, 2.75) is 83.0 Å². The van der Waals surface area contributed by atoms with Gasteiger partial charge in [-0.15, -0.1) is 0 Å². The maximum Gasteiger partial charge on any atom is 0.293 e. The molecule has 2 aromatic rings. The predicted molar refractivity (Wildman–Crippen MR) is 201 cm³/mol. The van der Waals surface area contributed by atoms with Crippen LogP contribution in [0.3, 0.4) is 0 Å². The van der Waals surface area contributed by atoms with Crippen LogP contribution in [0.15, 0.2) is 64.5 Å². The van der Waals surface area contributed by atoms with Crippen LogP contribution in [0.25, 0.3) is 6.08 Å². The summed E-state index contributed by atoms with van der Waals surface area (Å²) in [6, 6.07) is 11.3. The minimum absolute atomic E-state index is 0.121. The number of nitrogens with one attached hydrogen (secondary N) is 3. The third-order valence-corrected chi connectivity index (χ3v) is 9.34. The van der Waals surface area contributed by atoms with Gasteiger partial charge in [-0.05, 0) is 92.6 Å². The number of nitrogens with two attached hydrogens (primary N) is 4. The van der Waals surface area contributed by atoms with Gasteiger partial charge < -0.3 is 38.9 Å². The Morgan fingerprint density at radius 3 is 2.04 bits per heavy atom. The molecule has 1 aliphatic heterocycles. The number of aliphatic imine (C=N–C) groups is 1. The Kier molecular flexibility index (Phi) is 16.3. The number of hydrogen-bond acceptors (Lipinski definition) is 9. The maximum absolute atomic E-state index is 13.7. The molecule has 0 bridgehead atoms. The van der Waals surface area contributed by atoms with Crippen molar-refractivity contribution in [1.29, 1.82) is 0 Å². The van der Waals surface area contributed by atoms with E-state index < -0.39 is 41.8 Å². The smallest absolute Gasteiger partial charge is 0.293 e. The number of nitrogens with zero attached hydrogens (tertiary/aromatic N) is 2. The van der Waals surface area contributed by atoms with Gasteiger partial charge in [0.1, 0.15) is 18.1 Å². The topological polar surface area (TPSA) is 258 Å². The Balaban J connectivity index is 1.78. The standard InChI is InChI=1S/C36H49N9O6S/c1-3-25(4-2)45-34(50)28(52-36(45)51)21-22-15-17-24(18-16-22)31(47)42-27(14-10-20-41-35(39)40)32(48)43-26(13-8-9-19-37)33(49)44-29(30(38)46)23-11-6-5-7-12-23/h5-7,11-12,15-18,21,25-27,29H,3-4,8-10,13-14,19-20,37H2,1-2H3,(H2,38,46)(H,42,47)(H,43,48)(H,44,49)(H4,39,40,41)/b28-21-/t26-,27-,29-/m0/s1. The third-order valence-electron chi connectivity index (χ3n) is 8.45. The largest absolute Gasteiger partial charge is 0.370 e. The van der Waals surface area contributed by atoms with Crippen molar-refractivity contribution in [3.05, 3.63) is 76.2 Å². The zero-order valence-corrected chi connectivity index (χ0v) is 30.3. The number of carbonyl (C=O) groups excluding carboxylic acids is 6. The molecule has 11 N–H and O–H groups in total. The molecule has 3 atom stereocenters. The Morgan fingerprint density at radius 1 is 0.827 bits per heavy atom. The number of benzene rings is 2. The van der Waals surface area contributed by atoms with Crippen LogP contribution >= 0.6 is 11.8 Å². The molecule has 2 aromatic carbocycles. The van der Waals surface area contributed by atoms with E-state index in [1.165, 1.54) is 17.0 Å². The zero-order chi connectivity index (χ0) is 38.2. The first kappa shape index (κ1) is 41.2. The molecule has 52 heavy (non-hydrogen) atoms. The lowest BCUT2D eigenvalue weighted by Gasteiger charge is -2.25. The van der Waals surface area contributed by atoms with Crippen molar-refractivity contribution in [3.8, 4) is 0 Å². The van der Waals surface area contributed by atoms with Crippen molar-refractivity contribution >= 4 is 58.6 Å². The predicted octanol–water partition coefficient (Wildman–Crippen LogP) is 2.02. The minimum Gasteiger partial charge on any atom is -0.370 e. The van der Waals surface area contributed by atoms with E-state index >= 15 is 0 Å². The van der Waals surface area contributed by atoms with Crippen LogP contribution in [0.5, 0.6) is 0 Å². The molecule has 16 heteroatoms. The summed E-state index contributed by atoms with van der Waals surface area (Å²) < 4.78 is 0. The number of carbonyl (C=O) groups is 6. The fraction of sp³-hybridized carbons (Fsp3) is 0.417. The molecule has 0 aromatic heterocycles. The van der Waals surface area contributed by atoms with E-state index in [9.17, 15) is 28.8 Å². The summed E-state index contributed by atoms with van der Waals surface area (Å²) in [7, 11) is 0. The van der Waals surface area contributed by atoms with Crippen molar-refractivity contribution in [2.75, 3.05) is 13.1 Å². The summed E-state index contributed by atoms with van der Waals surface area (Å²) in [5, 5.41) is 7.81. The Bertz CT molecular complexity index is 1630. The van der Waals surface area contributed by atoms with E-state index in [2.05, 4.69) is 20.9 Å². The zero-order valence-electron chi connectivity index (χ0n) is 29.5. The van der Waals surface area contributed by atoms with Crippen LogP contribution in [0.4, 0.5) is 4.79 Å². The van der Waals surface area contributed by atoms with Crippen molar-refractivity contribution in [3.63, 3.8) is 0 Å². The first-order valence-electron chi connectivity index (χ1n) is 17.3. The van der Waals surface area contributed by atoms with Crippen LogP contribution in [0, 0.1) is 0 Å². The fourth-order valence-corrected chi connectivity index (χ4v) is 6.48. The highest BCUT2D eigenvalue weighted by molar-refractivity contribution is 8.18. The van der Waals surface area contributed by atoms with Gasteiger partial charge in [-0.25, -0.2) is 0 Å². The van der Waals surface area contributed by atoms with Gasteiger partial charge in [0.2, 0.25) is 17.7 Å². The molecule has 280 valence electrons. The molecule has 6 amide bonds. The summed E-state index contributed by atoms with van der Waals surface area (Å²) >= 11 is 0.877. The Hall–Kier alpha value is -5.22. The third kappa shape index (κ3) is 11.9. The molecular weight excluding hydrogens is 687 g/mol. The molecule has 1 saturated heterocycles. The highest BCUT2D eigenvalue weighted by atomic mass is 32.2. The molecular formula is C36H49N9O6S. The first-order chi connectivity index (χ1) is 24.9. The molecule has 0 spiro atoms. The highest BCUT2D eigenvalue weighted by Gasteiger charge is 2.38. The average molecular weight is 736 g/mol. The number of unbranched alkanes of at least 4 members (excludes halogenated alkanes) is 1. The minimum atomic E-state index is -1.13. The lowest BCUT2D eigenvalue weighted by Crippen LogP contribution is -2.54. The summed E-state index contributed by atoms with van der Waals surface area (Å²) in [5.41, 5.74) is 23.5. The molecule has 0 saturated carbocycles. The number of imide groups is 1. The van der Waals surface area contributed by atoms with E-state index in [1.807, 2.05) is 13.8 Å². The maximum atomic E-state index is 13.7. The van der Waals surface area contributed by atoms with Gasteiger partial charge in [-0.2, -0.15) is 0 Å². The Labute approximate surface area is 307 Å². The summed E-state index contributed by atoms with van der Waals surface area (Å²) in [6.07, 6.45) is 4.67. The number of hydrogen-bond donors (Lipinski definition) is 7. The van der Waals surface area contributed by atoms with Crippen LogP contribution in [0.1, 0.15) is 86.3 Å². The summed E-state index contributed by atoms with van der Waals surface area (Å²) in [6.45, 7) is 4.42. The van der Waals surface area contributed by atoms with Gasteiger partial charge in [0.15, 0.2) is 5.96 Å². The number of amides is 6. The molecule has 1 fully saturated rings. The molecule has 1 aliphatic rings. The van der Waals surface area contributed by atoms with E-state index in [0.29, 0.717) is 54.7 Å². The van der Waals surface area contributed by atoms with Gasteiger partial charge >= 0.3 is 0 Å². The van der Waals surface area contributed by atoms with E-state index in [-0.39, 0.29) is 48.1 Å². The number of primary amides is 1. The van der Waals surface area contributed by atoms with Crippen molar-refractivity contribution in [2.24, 2.45) is 27.9 Å². The molecule has 3 rings (SSSR count). The second-order valence-electron chi connectivity index (χ2n) is 12.2. The molecule has 0 unspecified atom stereocenters. The van der Waals surface area contributed by atoms with Crippen molar-refractivity contribution in [1.82, 2.24) is 20.9 Å². The average Bonchev–Trinajstić information content (AvgIpc) is 3.40. The quantitative estimate of drug-likeness (QED) is 0.0450. The van der Waals surface area contributed by atoms with Crippen LogP contribution in [-0.4, -0.2) is 76.8 Å². The van der Waals surface area contributed by atoms with Crippen LogP contribution in [0.2, 0.25) is 0 Å². The summed E-state index contributed by atoms with van der Waals surface area (Å²) in [5.74, 6) is -3.07. The number of thioether (sulfide) groups is 1. The summed E-state index contributed by atoms with van der Waals surface area (Å²) in [4.78, 5) is 84.0. The molecule has 15 nitrogen and oxygen atoms in total. The van der Waals surface area contributed by atoms with Gasteiger partial charge in [-0.1, -0.05) is 56.3 Å². The van der Waals surface area contributed by atoms with Crippen molar-refractivity contribution < 1.29 is 28.8 Å². The lowest BCUT2D eigenvalue weighted by atomic mass is 10.0. The SMILES string of the molecule is CCC(CC)N1C(=O)S/C(=C\c2ccc(C(=O)N[C@@H](CCCN=C(N)N)C(=O)N[C@@H](CCCCN)C(=O)N[C@H](C(N)=O)c3ccccc3)cc2)C1=O. The first-order valence-corrected chi connectivity index (χ1v) is 18.1. The van der Waals surface area contributed by atoms with Gasteiger partial charge in [-0.3, -0.25) is 38.7 Å². The van der Waals surface area contributed by atoms with Crippen LogP contribution < -0.4 is 38.9 Å². The number of guanidine groups is 1. The normalized spacial score (nSPS) is 15.2. The van der Waals surface area contributed by atoms with E-state index in [1.54, 1.807) is 48.5 Å². The highest BCUT2D eigenvalue weighted by Crippen LogP contribution is 2.35. The Morgan fingerprint density at radius 2 is 1.44 bits per heavy atom. The lowest BCUT2D eigenvalue weighted by molar-refractivity contribution is -0.132. The molecule has 0 aliphatic carbocycles. The van der Waals surface area contributed by atoms with E-state index in [4.69, 9.17) is 22.9 Å². The molecule has 1 heterocycles.